The number of hydrogen-bond donors (Lipinski definition) is 1. The lowest BCUT2D eigenvalue weighted by molar-refractivity contribution is 0.184. The Morgan fingerprint density at radius 1 is 1.03 bits per heavy atom. The van der Waals surface area contributed by atoms with Gasteiger partial charge in [0.2, 0.25) is 0 Å². The predicted molar refractivity (Wildman–Crippen MR) is 111 cm³/mol. The first-order valence-corrected chi connectivity index (χ1v) is 9.39. The van der Waals surface area contributed by atoms with Crippen LogP contribution in [-0.4, -0.2) is 19.8 Å². The summed E-state index contributed by atoms with van der Waals surface area (Å²) in [5, 5.41) is 22.7. The molecule has 0 spiro atoms. The van der Waals surface area contributed by atoms with Crippen molar-refractivity contribution in [1.82, 2.24) is 14.7 Å². The maximum absolute atomic E-state index is 9.77. The number of aromatic nitrogens is 3. The molecule has 1 atom stereocenters. The van der Waals surface area contributed by atoms with Gasteiger partial charge in [0, 0.05) is 35.2 Å². The number of nitriles is 1. The summed E-state index contributed by atoms with van der Waals surface area (Å²) >= 11 is 0. The van der Waals surface area contributed by atoms with Crippen LogP contribution in [0.25, 0.3) is 11.3 Å². The van der Waals surface area contributed by atoms with Gasteiger partial charge in [-0.25, -0.2) is 4.98 Å². The molecule has 0 amide bonds. The van der Waals surface area contributed by atoms with E-state index >= 15 is 0 Å². The molecule has 4 rings (SSSR count). The van der Waals surface area contributed by atoms with Gasteiger partial charge in [-0.15, -0.1) is 0 Å². The second kappa shape index (κ2) is 8.48. The highest BCUT2D eigenvalue weighted by atomic mass is 16.5. The van der Waals surface area contributed by atoms with Crippen molar-refractivity contribution in [2.45, 2.75) is 19.6 Å². The molecule has 6 heteroatoms. The lowest BCUT2D eigenvalue weighted by atomic mass is 10.1. The third kappa shape index (κ3) is 4.30. The fourth-order valence-electron chi connectivity index (χ4n) is 3.01. The molecule has 0 unspecified atom stereocenters. The van der Waals surface area contributed by atoms with Gasteiger partial charge in [0.05, 0.1) is 18.2 Å². The summed E-state index contributed by atoms with van der Waals surface area (Å²) in [6.07, 6.45) is 2.81. The second-order valence-corrected chi connectivity index (χ2v) is 6.79. The monoisotopic (exact) mass is 394 g/mol. The van der Waals surface area contributed by atoms with E-state index in [1.165, 1.54) is 0 Å². The summed E-state index contributed by atoms with van der Waals surface area (Å²) in [4.78, 5) is 4.16. The van der Waals surface area contributed by atoms with Crippen LogP contribution in [0.15, 0.2) is 71.5 Å². The Balaban J connectivity index is 1.46. The van der Waals surface area contributed by atoms with Gasteiger partial charge in [0.15, 0.2) is 5.76 Å². The highest BCUT2D eigenvalue weighted by molar-refractivity contribution is 5.59. The maximum atomic E-state index is 9.77. The van der Waals surface area contributed by atoms with E-state index in [0.29, 0.717) is 23.7 Å². The summed E-state index contributed by atoms with van der Waals surface area (Å²) in [5.41, 5.74) is 4.00. The van der Waals surface area contributed by atoms with Crippen molar-refractivity contribution in [3.8, 4) is 29.2 Å². The van der Waals surface area contributed by atoms with E-state index in [4.69, 9.17) is 9.78 Å². The van der Waals surface area contributed by atoms with Crippen molar-refractivity contribution < 1.29 is 9.63 Å². The minimum absolute atomic E-state index is 0.470. The van der Waals surface area contributed by atoms with Gasteiger partial charge in [0.1, 0.15) is 17.6 Å². The Hall–Kier alpha value is -4.13. The van der Waals surface area contributed by atoms with Crippen LogP contribution < -0.4 is 0 Å². The Morgan fingerprint density at radius 3 is 2.30 bits per heavy atom. The zero-order valence-electron chi connectivity index (χ0n) is 16.3. The maximum Gasteiger partial charge on any atom is 0.167 e. The molecule has 0 saturated heterocycles. The molecule has 2 aromatic heterocycles. The molecule has 6 nitrogen and oxygen atoms in total. The zero-order chi connectivity index (χ0) is 20.9. The van der Waals surface area contributed by atoms with Crippen molar-refractivity contribution in [2.24, 2.45) is 0 Å². The SMILES string of the molecule is C[C@H](O)c1nccn1Cc1cc(-c2ccc(C#Cc3ccc(C#N)cc3)cc2)on1. The third-order valence-corrected chi connectivity index (χ3v) is 4.55. The van der Waals surface area contributed by atoms with Gasteiger partial charge in [-0.1, -0.05) is 17.0 Å². The minimum Gasteiger partial charge on any atom is -0.385 e. The van der Waals surface area contributed by atoms with E-state index in [2.05, 4.69) is 28.1 Å². The predicted octanol–water partition coefficient (Wildman–Crippen LogP) is 3.91. The van der Waals surface area contributed by atoms with Crippen molar-refractivity contribution in [3.05, 3.63) is 95.2 Å². The van der Waals surface area contributed by atoms with Gasteiger partial charge in [-0.05, 0) is 55.5 Å². The highest BCUT2D eigenvalue weighted by Gasteiger charge is 2.12. The normalized spacial score (nSPS) is 11.4. The fraction of sp³-hybridized carbons (Fsp3) is 0.125. The molecule has 0 aliphatic carbocycles. The molecule has 0 saturated carbocycles. The lowest BCUT2D eigenvalue weighted by Gasteiger charge is -2.07. The van der Waals surface area contributed by atoms with Gasteiger partial charge in [-0.2, -0.15) is 5.26 Å². The number of aliphatic hydroxyl groups is 1. The molecule has 0 aliphatic rings. The van der Waals surface area contributed by atoms with Crippen LogP contribution in [0.1, 0.15) is 41.2 Å². The van der Waals surface area contributed by atoms with Gasteiger partial charge in [-0.3, -0.25) is 0 Å². The van der Waals surface area contributed by atoms with E-state index in [-0.39, 0.29) is 0 Å². The van der Waals surface area contributed by atoms with Crippen LogP contribution in [0.3, 0.4) is 0 Å². The van der Waals surface area contributed by atoms with E-state index in [9.17, 15) is 5.11 Å². The molecular formula is C24H18N4O2. The van der Waals surface area contributed by atoms with Crippen LogP contribution in [-0.2, 0) is 6.54 Å². The Bertz CT molecular complexity index is 1250. The highest BCUT2D eigenvalue weighted by Crippen LogP contribution is 2.22. The van der Waals surface area contributed by atoms with Gasteiger partial charge in [0.25, 0.3) is 0 Å². The first kappa shape index (κ1) is 19.2. The van der Waals surface area contributed by atoms with Crippen molar-refractivity contribution in [2.75, 3.05) is 0 Å². The minimum atomic E-state index is -0.649. The van der Waals surface area contributed by atoms with Crippen molar-refractivity contribution in [3.63, 3.8) is 0 Å². The summed E-state index contributed by atoms with van der Waals surface area (Å²) in [6.45, 7) is 2.15. The molecule has 2 heterocycles. The summed E-state index contributed by atoms with van der Waals surface area (Å²) in [5.74, 6) is 7.46. The lowest BCUT2D eigenvalue weighted by Crippen LogP contribution is -2.07. The average Bonchev–Trinajstić information content (AvgIpc) is 3.43. The van der Waals surface area contributed by atoms with Crippen LogP contribution in [0.5, 0.6) is 0 Å². The topological polar surface area (TPSA) is 87.9 Å². The van der Waals surface area contributed by atoms with E-state index in [1.807, 2.05) is 47.0 Å². The van der Waals surface area contributed by atoms with E-state index in [1.54, 1.807) is 31.5 Å². The molecule has 30 heavy (non-hydrogen) atoms. The average molecular weight is 394 g/mol. The largest absolute Gasteiger partial charge is 0.385 e. The molecule has 0 aliphatic heterocycles. The van der Waals surface area contributed by atoms with E-state index in [0.717, 1.165) is 22.4 Å². The summed E-state index contributed by atoms with van der Waals surface area (Å²) in [6, 6.07) is 18.9. The van der Waals surface area contributed by atoms with Gasteiger partial charge >= 0.3 is 0 Å². The van der Waals surface area contributed by atoms with E-state index < -0.39 is 6.10 Å². The summed E-state index contributed by atoms with van der Waals surface area (Å²) in [7, 11) is 0. The number of benzene rings is 2. The molecule has 1 N–H and O–H groups in total. The molecule has 0 radical (unpaired) electrons. The van der Waals surface area contributed by atoms with Crippen LogP contribution in [0.4, 0.5) is 0 Å². The number of nitrogens with zero attached hydrogens (tertiary/aromatic N) is 4. The Morgan fingerprint density at radius 2 is 1.67 bits per heavy atom. The number of imidazole rings is 1. The second-order valence-electron chi connectivity index (χ2n) is 6.79. The van der Waals surface area contributed by atoms with Crippen molar-refractivity contribution >= 4 is 0 Å². The molecule has 0 bridgehead atoms. The standard InChI is InChI=1S/C24H18N4O2/c1-17(29)24-26-12-13-28(24)16-22-14-23(30-27-22)21-10-8-19(9-11-21)3-2-18-4-6-20(15-25)7-5-18/h4-14,17,29H,16H2,1H3/t17-/m0/s1. The van der Waals surface area contributed by atoms with Crippen molar-refractivity contribution in [1.29, 1.82) is 5.26 Å². The van der Waals surface area contributed by atoms with Gasteiger partial charge < -0.3 is 14.2 Å². The molecular weight excluding hydrogens is 376 g/mol. The molecule has 0 fully saturated rings. The first-order valence-electron chi connectivity index (χ1n) is 9.39. The fourth-order valence-corrected chi connectivity index (χ4v) is 3.01. The molecule has 146 valence electrons. The molecule has 4 aromatic rings. The number of aliphatic hydroxyl groups excluding tert-OH is 1. The third-order valence-electron chi connectivity index (χ3n) is 4.55. The van der Waals surface area contributed by atoms with Crippen LogP contribution in [0.2, 0.25) is 0 Å². The number of hydrogen-bond acceptors (Lipinski definition) is 5. The Kier molecular flexibility index (Phi) is 5.43. The molecule has 2 aromatic carbocycles. The Labute approximate surface area is 174 Å². The van der Waals surface area contributed by atoms with Crippen LogP contribution >= 0.6 is 0 Å². The quantitative estimate of drug-likeness (QED) is 0.530. The zero-order valence-corrected chi connectivity index (χ0v) is 16.3. The first-order chi connectivity index (χ1) is 14.6. The van der Waals surface area contributed by atoms with Crippen LogP contribution in [0, 0.1) is 23.2 Å². The number of rotatable bonds is 4. The summed E-state index contributed by atoms with van der Waals surface area (Å²) < 4.78 is 7.32. The smallest absolute Gasteiger partial charge is 0.167 e.